The highest BCUT2D eigenvalue weighted by molar-refractivity contribution is 7.17. The summed E-state index contributed by atoms with van der Waals surface area (Å²) in [5.41, 5.74) is 2.62. The molecule has 4 nitrogen and oxygen atoms in total. The summed E-state index contributed by atoms with van der Waals surface area (Å²) >= 11 is 1.21. The first-order valence-electron chi connectivity index (χ1n) is 5.27. The second-order valence-corrected chi connectivity index (χ2v) is 4.62. The quantitative estimate of drug-likeness (QED) is 0.907. The van der Waals surface area contributed by atoms with E-state index in [4.69, 9.17) is 5.11 Å². The minimum atomic E-state index is -0.918. The molecule has 0 fully saturated rings. The van der Waals surface area contributed by atoms with Gasteiger partial charge in [-0.3, -0.25) is 4.98 Å². The molecule has 0 saturated heterocycles. The van der Waals surface area contributed by atoms with Gasteiger partial charge in [-0.25, -0.2) is 9.78 Å². The smallest absolute Gasteiger partial charge is 0.347 e. The molecular formula is C12H12N2O2S. The maximum atomic E-state index is 11.0. The minimum Gasteiger partial charge on any atom is -0.477 e. The van der Waals surface area contributed by atoms with Gasteiger partial charge in [-0.15, -0.1) is 11.3 Å². The van der Waals surface area contributed by atoms with Crippen molar-refractivity contribution in [3.63, 3.8) is 0 Å². The first-order chi connectivity index (χ1) is 8.13. The van der Waals surface area contributed by atoms with E-state index in [1.165, 1.54) is 11.3 Å². The Morgan fingerprint density at radius 3 is 2.88 bits per heavy atom. The largest absolute Gasteiger partial charge is 0.477 e. The first-order valence-corrected chi connectivity index (χ1v) is 6.09. The SMILES string of the molecule is CCc1cnccc1-c1nc(C)c(C(=O)O)s1. The fraction of sp³-hybridized carbons (Fsp3) is 0.250. The number of thiazole rings is 1. The fourth-order valence-electron chi connectivity index (χ4n) is 1.63. The molecule has 17 heavy (non-hydrogen) atoms. The number of aryl methyl sites for hydroxylation is 2. The highest BCUT2D eigenvalue weighted by atomic mass is 32.1. The van der Waals surface area contributed by atoms with Gasteiger partial charge in [0.25, 0.3) is 0 Å². The molecular weight excluding hydrogens is 236 g/mol. The second kappa shape index (κ2) is 4.63. The van der Waals surface area contributed by atoms with Gasteiger partial charge < -0.3 is 5.11 Å². The summed E-state index contributed by atoms with van der Waals surface area (Å²) in [5.74, 6) is -0.918. The van der Waals surface area contributed by atoms with Gasteiger partial charge in [0.15, 0.2) is 0 Å². The van der Waals surface area contributed by atoms with E-state index in [-0.39, 0.29) is 0 Å². The standard InChI is InChI=1S/C12H12N2O2S/c1-3-8-6-13-5-4-9(8)11-14-7(2)10(17-11)12(15)16/h4-6H,3H2,1-2H3,(H,15,16). The molecule has 0 aliphatic rings. The van der Waals surface area contributed by atoms with Crippen LogP contribution in [0.3, 0.4) is 0 Å². The van der Waals surface area contributed by atoms with Crippen LogP contribution in [-0.4, -0.2) is 21.0 Å². The van der Waals surface area contributed by atoms with Gasteiger partial charge in [-0.2, -0.15) is 0 Å². The lowest BCUT2D eigenvalue weighted by molar-refractivity contribution is 0.0701. The van der Waals surface area contributed by atoms with Crippen molar-refractivity contribution in [1.82, 2.24) is 9.97 Å². The Morgan fingerprint density at radius 1 is 1.53 bits per heavy atom. The van der Waals surface area contributed by atoms with Crippen LogP contribution in [0.1, 0.15) is 27.9 Å². The number of hydrogen-bond acceptors (Lipinski definition) is 4. The van der Waals surface area contributed by atoms with Crippen molar-refractivity contribution < 1.29 is 9.90 Å². The van der Waals surface area contributed by atoms with Crippen molar-refractivity contribution in [2.45, 2.75) is 20.3 Å². The lowest BCUT2D eigenvalue weighted by Gasteiger charge is -2.02. The van der Waals surface area contributed by atoms with Crippen LogP contribution in [0.2, 0.25) is 0 Å². The van der Waals surface area contributed by atoms with E-state index in [1.54, 1.807) is 19.3 Å². The van der Waals surface area contributed by atoms with E-state index < -0.39 is 5.97 Å². The molecule has 0 spiro atoms. The van der Waals surface area contributed by atoms with Crippen molar-refractivity contribution >= 4 is 17.3 Å². The summed E-state index contributed by atoms with van der Waals surface area (Å²) < 4.78 is 0. The van der Waals surface area contributed by atoms with E-state index >= 15 is 0 Å². The number of rotatable bonds is 3. The van der Waals surface area contributed by atoms with Crippen molar-refractivity contribution in [3.8, 4) is 10.6 Å². The van der Waals surface area contributed by atoms with E-state index in [0.717, 1.165) is 22.6 Å². The van der Waals surface area contributed by atoms with Gasteiger partial charge in [0, 0.05) is 18.0 Å². The number of aromatic nitrogens is 2. The zero-order chi connectivity index (χ0) is 12.4. The lowest BCUT2D eigenvalue weighted by Crippen LogP contribution is -1.94. The molecule has 0 bridgehead atoms. The molecule has 0 atom stereocenters. The zero-order valence-electron chi connectivity index (χ0n) is 9.60. The fourth-order valence-corrected chi connectivity index (χ4v) is 2.59. The molecule has 2 aromatic heterocycles. The molecule has 2 aromatic rings. The Morgan fingerprint density at radius 2 is 2.29 bits per heavy atom. The number of carboxylic acids is 1. The number of carbonyl (C=O) groups is 1. The Hall–Kier alpha value is -1.75. The van der Waals surface area contributed by atoms with Crippen molar-refractivity contribution in [1.29, 1.82) is 0 Å². The predicted molar refractivity (Wildman–Crippen MR) is 66.4 cm³/mol. The molecule has 88 valence electrons. The lowest BCUT2D eigenvalue weighted by atomic mass is 10.1. The van der Waals surface area contributed by atoms with Gasteiger partial charge in [0.2, 0.25) is 0 Å². The van der Waals surface area contributed by atoms with Gasteiger partial charge in [-0.1, -0.05) is 6.92 Å². The van der Waals surface area contributed by atoms with E-state index in [9.17, 15) is 4.79 Å². The maximum absolute atomic E-state index is 11.0. The van der Waals surface area contributed by atoms with E-state index in [1.807, 2.05) is 13.0 Å². The van der Waals surface area contributed by atoms with Crippen LogP contribution < -0.4 is 0 Å². The summed E-state index contributed by atoms with van der Waals surface area (Å²) in [6, 6.07) is 1.88. The summed E-state index contributed by atoms with van der Waals surface area (Å²) in [4.78, 5) is 19.7. The maximum Gasteiger partial charge on any atom is 0.347 e. The van der Waals surface area contributed by atoms with Gasteiger partial charge in [0.05, 0.1) is 5.69 Å². The summed E-state index contributed by atoms with van der Waals surface area (Å²) in [6.07, 6.45) is 4.35. The molecule has 0 aliphatic carbocycles. The Labute approximate surface area is 103 Å². The minimum absolute atomic E-state index is 0.305. The van der Waals surface area contributed by atoms with Gasteiger partial charge in [-0.05, 0) is 25.0 Å². The first kappa shape index (κ1) is 11.7. The number of pyridine rings is 1. The summed E-state index contributed by atoms with van der Waals surface area (Å²) in [7, 11) is 0. The second-order valence-electron chi connectivity index (χ2n) is 3.63. The molecule has 1 N–H and O–H groups in total. The van der Waals surface area contributed by atoms with E-state index in [2.05, 4.69) is 9.97 Å². The highest BCUT2D eigenvalue weighted by Crippen LogP contribution is 2.30. The molecule has 2 heterocycles. The Bertz CT molecular complexity index is 563. The van der Waals surface area contributed by atoms with Crippen LogP contribution in [-0.2, 0) is 6.42 Å². The summed E-state index contributed by atoms with van der Waals surface area (Å²) in [6.45, 7) is 3.76. The van der Waals surface area contributed by atoms with Crippen LogP contribution in [0.15, 0.2) is 18.5 Å². The average Bonchev–Trinajstić information content (AvgIpc) is 2.71. The Balaban J connectivity index is 2.53. The number of carboxylic acid groups (broad SMARTS) is 1. The predicted octanol–water partition coefficient (Wildman–Crippen LogP) is 2.77. The van der Waals surface area contributed by atoms with Gasteiger partial charge >= 0.3 is 5.97 Å². The number of hydrogen-bond donors (Lipinski definition) is 1. The van der Waals surface area contributed by atoms with Crippen LogP contribution >= 0.6 is 11.3 Å². The summed E-state index contributed by atoms with van der Waals surface area (Å²) in [5, 5.41) is 9.76. The topological polar surface area (TPSA) is 63.1 Å². The normalized spacial score (nSPS) is 10.5. The van der Waals surface area contributed by atoms with Gasteiger partial charge in [0.1, 0.15) is 9.88 Å². The average molecular weight is 248 g/mol. The molecule has 0 radical (unpaired) electrons. The molecule has 0 saturated carbocycles. The Kier molecular flexibility index (Phi) is 3.19. The van der Waals surface area contributed by atoms with Crippen molar-refractivity contribution in [2.75, 3.05) is 0 Å². The molecule has 2 rings (SSSR count). The zero-order valence-corrected chi connectivity index (χ0v) is 10.4. The number of nitrogens with zero attached hydrogens (tertiary/aromatic N) is 2. The molecule has 0 aromatic carbocycles. The van der Waals surface area contributed by atoms with Crippen LogP contribution in [0.25, 0.3) is 10.6 Å². The third-order valence-electron chi connectivity index (χ3n) is 2.51. The molecule has 5 heteroatoms. The van der Waals surface area contributed by atoms with Crippen molar-refractivity contribution in [3.05, 3.63) is 34.6 Å². The third kappa shape index (κ3) is 2.19. The highest BCUT2D eigenvalue weighted by Gasteiger charge is 2.16. The third-order valence-corrected chi connectivity index (χ3v) is 3.68. The molecule has 0 unspecified atom stereocenters. The van der Waals surface area contributed by atoms with E-state index in [0.29, 0.717) is 10.6 Å². The number of aromatic carboxylic acids is 1. The van der Waals surface area contributed by atoms with Crippen molar-refractivity contribution in [2.24, 2.45) is 0 Å². The molecule has 0 aliphatic heterocycles. The molecule has 0 amide bonds. The van der Waals surface area contributed by atoms with Crippen LogP contribution in [0.4, 0.5) is 0 Å². The monoisotopic (exact) mass is 248 g/mol. The van der Waals surface area contributed by atoms with Crippen LogP contribution in [0.5, 0.6) is 0 Å². The van der Waals surface area contributed by atoms with Crippen LogP contribution in [0, 0.1) is 6.92 Å².